The van der Waals surface area contributed by atoms with Crippen LogP contribution >= 0.6 is 11.7 Å². The molecule has 0 radical (unpaired) electrons. The van der Waals surface area contributed by atoms with Crippen molar-refractivity contribution >= 4 is 34.5 Å². The van der Waals surface area contributed by atoms with Gasteiger partial charge in [0, 0.05) is 26.2 Å². The molecule has 134 valence electrons. The van der Waals surface area contributed by atoms with Gasteiger partial charge in [0.2, 0.25) is 0 Å². The second kappa shape index (κ2) is 7.01. The zero-order valence-corrected chi connectivity index (χ0v) is 15.7. The molecular weight excluding hydrogens is 346 g/mol. The fourth-order valence-corrected chi connectivity index (χ4v) is 3.99. The second-order valence-corrected chi connectivity index (χ2v) is 7.32. The van der Waals surface area contributed by atoms with Crippen molar-refractivity contribution < 1.29 is 4.79 Å². The van der Waals surface area contributed by atoms with Gasteiger partial charge in [-0.3, -0.25) is 4.90 Å². The molecular formula is C19H21N5OS. The Morgan fingerprint density at radius 3 is 2.88 bits per heavy atom. The van der Waals surface area contributed by atoms with Crippen LogP contribution in [0.5, 0.6) is 0 Å². The summed E-state index contributed by atoms with van der Waals surface area (Å²) in [6.45, 7) is 1.59. The minimum Gasteiger partial charge on any atom is -0.326 e. The normalized spacial score (nSPS) is 17.1. The Morgan fingerprint density at radius 2 is 2.04 bits per heavy atom. The summed E-state index contributed by atoms with van der Waals surface area (Å²) in [4.78, 5) is 16.7. The Balaban J connectivity index is 1.44. The van der Waals surface area contributed by atoms with Gasteiger partial charge < -0.3 is 10.2 Å². The number of carbonyl (C=O) groups excluding carboxylic acids is 1. The SMILES string of the molecule is CN(CC1Cc2ccccc2CN1C)C(=O)Nc1cccc2nsnc12. The minimum atomic E-state index is -0.127. The smallest absolute Gasteiger partial charge is 0.321 e. The Kier molecular flexibility index (Phi) is 4.57. The fraction of sp³-hybridized carbons (Fsp3) is 0.316. The molecule has 0 saturated heterocycles. The quantitative estimate of drug-likeness (QED) is 0.772. The highest BCUT2D eigenvalue weighted by molar-refractivity contribution is 7.00. The first-order valence-corrected chi connectivity index (χ1v) is 9.35. The molecule has 0 bridgehead atoms. The molecule has 7 heteroatoms. The average Bonchev–Trinajstić information content (AvgIpc) is 3.12. The van der Waals surface area contributed by atoms with E-state index in [2.05, 4.69) is 50.3 Å². The fourth-order valence-electron chi connectivity index (χ4n) is 3.44. The lowest BCUT2D eigenvalue weighted by atomic mass is 9.94. The molecule has 26 heavy (non-hydrogen) atoms. The first kappa shape index (κ1) is 16.9. The van der Waals surface area contributed by atoms with Gasteiger partial charge in [-0.05, 0) is 36.7 Å². The highest BCUT2D eigenvalue weighted by Gasteiger charge is 2.25. The van der Waals surface area contributed by atoms with Crippen molar-refractivity contribution in [3.05, 3.63) is 53.6 Å². The molecule has 2 aromatic carbocycles. The number of rotatable bonds is 3. The van der Waals surface area contributed by atoms with E-state index in [9.17, 15) is 4.79 Å². The molecule has 0 saturated carbocycles. The maximum absolute atomic E-state index is 12.7. The topological polar surface area (TPSA) is 61.4 Å². The Hall–Kier alpha value is -2.51. The number of anilines is 1. The molecule has 2 amide bonds. The number of hydrogen-bond acceptors (Lipinski definition) is 5. The van der Waals surface area contributed by atoms with Gasteiger partial charge in [-0.2, -0.15) is 8.75 Å². The molecule has 1 N–H and O–H groups in total. The molecule has 0 spiro atoms. The molecule has 4 rings (SSSR count). The van der Waals surface area contributed by atoms with E-state index in [0.29, 0.717) is 18.3 Å². The molecule has 1 aliphatic rings. The lowest BCUT2D eigenvalue weighted by Gasteiger charge is -2.36. The number of aromatic nitrogens is 2. The highest BCUT2D eigenvalue weighted by atomic mass is 32.1. The number of urea groups is 1. The van der Waals surface area contributed by atoms with Crippen LogP contribution in [0.4, 0.5) is 10.5 Å². The van der Waals surface area contributed by atoms with Gasteiger partial charge in [-0.15, -0.1) is 0 Å². The van der Waals surface area contributed by atoms with E-state index >= 15 is 0 Å². The van der Waals surface area contributed by atoms with E-state index in [1.807, 2.05) is 25.2 Å². The number of fused-ring (bicyclic) bond motifs is 2. The second-order valence-electron chi connectivity index (χ2n) is 6.79. The summed E-state index contributed by atoms with van der Waals surface area (Å²) in [5.41, 5.74) is 5.00. The maximum Gasteiger partial charge on any atom is 0.321 e. The van der Waals surface area contributed by atoms with E-state index in [1.165, 1.54) is 11.1 Å². The summed E-state index contributed by atoms with van der Waals surface area (Å²) in [5, 5.41) is 2.97. The predicted octanol–water partition coefficient (Wildman–Crippen LogP) is 3.21. The van der Waals surface area contributed by atoms with Crippen LogP contribution in [-0.2, 0) is 13.0 Å². The van der Waals surface area contributed by atoms with Crippen molar-refractivity contribution in [3.8, 4) is 0 Å². The Bertz CT molecular complexity index is 940. The van der Waals surface area contributed by atoms with E-state index in [-0.39, 0.29) is 6.03 Å². The lowest BCUT2D eigenvalue weighted by molar-refractivity contribution is 0.166. The van der Waals surface area contributed by atoms with Gasteiger partial charge in [-0.1, -0.05) is 30.3 Å². The number of amides is 2. The summed E-state index contributed by atoms with van der Waals surface area (Å²) < 4.78 is 8.49. The van der Waals surface area contributed by atoms with Crippen LogP contribution in [0.25, 0.3) is 11.0 Å². The van der Waals surface area contributed by atoms with Gasteiger partial charge in [0.1, 0.15) is 11.0 Å². The van der Waals surface area contributed by atoms with Gasteiger partial charge >= 0.3 is 6.03 Å². The van der Waals surface area contributed by atoms with Crippen LogP contribution in [0.1, 0.15) is 11.1 Å². The molecule has 1 aliphatic heterocycles. The predicted molar refractivity (Wildman–Crippen MR) is 104 cm³/mol. The van der Waals surface area contributed by atoms with Crippen molar-refractivity contribution in [1.82, 2.24) is 18.5 Å². The number of likely N-dealkylation sites (N-methyl/N-ethyl adjacent to an activating group) is 2. The first-order valence-electron chi connectivity index (χ1n) is 8.62. The molecule has 2 heterocycles. The standard InChI is InChI=1S/C19H21N5OS/c1-23-11-14-7-4-3-6-13(14)10-15(23)12-24(2)19(25)20-16-8-5-9-17-18(16)22-26-21-17/h3-9,15H,10-12H2,1-2H3,(H,20,25). The van der Waals surface area contributed by atoms with Crippen LogP contribution in [0.15, 0.2) is 42.5 Å². The Morgan fingerprint density at radius 1 is 1.23 bits per heavy atom. The summed E-state index contributed by atoms with van der Waals surface area (Å²) in [6, 6.07) is 14.3. The molecule has 1 unspecified atom stereocenters. The van der Waals surface area contributed by atoms with Crippen molar-refractivity contribution in [2.45, 2.75) is 19.0 Å². The summed E-state index contributed by atoms with van der Waals surface area (Å²) >= 11 is 1.15. The molecule has 0 fully saturated rings. The van der Waals surface area contributed by atoms with Crippen molar-refractivity contribution in [2.75, 3.05) is 26.0 Å². The zero-order valence-electron chi connectivity index (χ0n) is 14.8. The van der Waals surface area contributed by atoms with Crippen LogP contribution in [-0.4, -0.2) is 51.3 Å². The number of nitrogens with zero attached hydrogens (tertiary/aromatic N) is 4. The lowest BCUT2D eigenvalue weighted by Crippen LogP contribution is -2.47. The van der Waals surface area contributed by atoms with Gasteiger partial charge in [0.25, 0.3) is 0 Å². The summed E-state index contributed by atoms with van der Waals surface area (Å²) in [7, 11) is 3.96. The van der Waals surface area contributed by atoms with Crippen molar-refractivity contribution in [2.24, 2.45) is 0 Å². The van der Waals surface area contributed by atoms with Crippen LogP contribution in [0.3, 0.4) is 0 Å². The van der Waals surface area contributed by atoms with E-state index in [1.54, 1.807) is 4.90 Å². The molecule has 1 aromatic heterocycles. The molecule has 0 aliphatic carbocycles. The number of nitrogens with one attached hydrogen (secondary N) is 1. The van der Waals surface area contributed by atoms with Gasteiger partial charge in [0.05, 0.1) is 17.4 Å². The number of benzene rings is 2. The Labute approximate surface area is 156 Å². The monoisotopic (exact) mass is 367 g/mol. The first-order chi connectivity index (χ1) is 12.6. The maximum atomic E-state index is 12.7. The third kappa shape index (κ3) is 3.27. The number of carbonyl (C=O) groups is 1. The van der Waals surface area contributed by atoms with E-state index in [4.69, 9.17) is 0 Å². The summed E-state index contributed by atoms with van der Waals surface area (Å²) in [5.74, 6) is 0. The molecule has 6 nitrogen and oxygen atoms in total. The van der Waals surface area contributed by atoms with Crippen molar-refractivity contribution in [1.29, 1.82) is 0 Å². The van der Waals surface area contributed by atoms with Crippen molar-refractivity contribution in [3.63, 3.8) is 0 Å². The van der Waals surface area contributed by atoms with Crippen LogP contribution in [0, 0.1) is 0 Å². The summed E-state index contributed by atoms with van der Waals surface area (Å²) in [6.07, 6.45) is 0.954. The van der Waals surface area contributed by atoms with E-state index in [0.717, 1.165) is 35.7 Å². The highest BCUT2D eigenvalue weighted by Crippen LogP contribution is 2.23. The van der Waals surface area contributed by atoms with Crippen LogP contribution in [0.2, 0.25) is 0 Å². The van der Waals surface area contributed by atoms with Crippen LogP contribution < -0.4 is 5.32 Å². The number of hydrogen-bond donors (Lipinski definition) is 1. The zero-order chi connectivity index (χ0) is 18.1. The third-order valence-corrected chi connectivity index (χ3v) is 5.52. The van der Waals surface area contributed by atoms with Gasteiger partial charge in [0.15, 0.2) is 0 Å². The molecule has 1 atom stereocenters. The van der Waals surface area contributed by atoms with E-state index < -0.39 is 0 Å². The molecule has 3 aromatic rings. The third-order valence-electron chi connectivity index (χ3n) is 4.98. The van der Waals surface area contributed by atoms with Gasteiger partial charge in [-0.25, -0.2) is 4.79 Å². The average molecular weight is 367 g/mol. The largest absolute Gasteiger partial charge is 0.326 e. The minimum absolute atomic E-state index is 0.127.